The molecule has 1 aliphatic rings. The fraction of sp³-hybridized carbons (Fsp3) is 0.419. The Hall–Kier alpha value is -4.54. The maximum atomic E-state index is 13.6. The lowest BCUT2D eigenvalue weighted by Crippen LogP contribution is -2.31. The van der Waals surface area contributed by atoms with Crippen molar-refractivity contribution >= 4 is 17.6 Å². The summed E-state index contributed by atoms with van der Waals surface area (Å²) in [7, 11) is 0. The highest BCUT2D eigenvalue weighted by molar-refractivity contribution is 5.69. The van der Waals surface area contributed by atoms with Crippen LogP contribution in [0.5, 0.6) is 5.75 Å². The smallest absolute Gasteiger partial charge is 0.416 e. The zero-order valence-corrected chi connectivity index (χ0v) is 24.5. The molecule has 45 heavy (non-hydrogen) atoms. The molecule has 2 N–H and O–H groups in total. The number of carbonyl (C=O) groups is 1. The van der Waals surface area contributed by atoms with Crippen LogP contribution < -0.4 is 15.4 Å². The van der Waals surface area contributed by atoms with Crippen LogP contribution in [0.1, 0.15) is 79.1 Å². The monoisotopic (exact) mass is 635 g/mol. The van der Waals surface area contributed by atoms with Gasteiger partial charge in [0.25, 0.3) is 0 Å². The second-order valence-corrected chi connectivity index (χ2v) is 10.4. The van der Waals surface area contributed by atoms with Gasteiger partial charge in [-0.25, -0.2) is 9.97 Å². The lowest BCUT2D eigenvalue weighted by atomic mass is 9.90. The predicted molar refractivity (Wildman–Crippen MR) is 152 cm³/mol. The number of halogens is 6. The van der Waals surface area contributed by atoms with Crippen molar-refractivity contribution in [1.29, 1.82) is 5.26 Å². The lowest BCUT2D eigenvalue weighted by molar-refractivity contribution is -0.143. The molecule has 240 valence electrons. The Morgan fingerprint density at radius 2 is 1.84 bits per heavy atom. The average molecular weight is 636 g/mol. The summed E-state index contributed by atoms with van der Waals surface area (Å²) in [6, 6.07) is 7.50. The van der Waals surface area contributed by atoms with Crippen LogP contribution in [0.4, 0.5) is 38.0 Å². The number of alkyl halides is 6. The molecule has 14 heteroatoms. The molecular weight excluding hydrogens is 604 g/mol. The van der Waals surface area contributed by atoms with E-state index in [-0.39, 0.29) is 67.0 Å². The highest BCUT2D eigenvalue weighted by atomic mass is 19.4. The van der Waals surface area contributed by atoms with Crippen LogP contribution in [-0.2, 0) is 28.3 Å². The molecule has 1 aliphatic heterocycles. The molecule has 2 heterocycles. The minimum Gasteiger partial charge on any atom is -0.490 e. The lowest BCUT2D eigenvalue weighted by Gasteiger charge is -2.34. The van der Waals surface area contributed by atoms with Gasteiger partial charge in [-0.3, -0.25) is 4.79 Å². The molecular formula is C31H31F6N5O3. The Kier molecular flexibility index (Phi) is 10.4. The Morgan fingerprint density at radius 3 is 2.51 bits per heavy atom. The first kappa shape index (κ1) is 33.4. The van der Waals surface area contributed by atoms with E-state index in [1.165, 1.54) is 18.3 Å². The van der Waals surface area contributed by atoms with E-state index in [1.54, 1.807) is 13.0 Å². The minimum absolute atomic E-state index is 0.0291. The molecule has 0 amide bonds. The number of esters is 1. The summed E-state index contributed by atoms with van der Waals surface area (Å²) in [4.78, 5) is 20.5. The van der Waals surface area contributed by atoms with E-state index in [0.717, 1.165) is 24.3 Å². The second-order valence-electron chi connectivity index (χ2n) is 10.4. The van der Waals surface area contributed by atoms with Gasteiger partial charge in [0.2, 0.25) is 5.95 Å². The summed E-state index contributed by atoms with van der Waals surface area (Å²) in [6.45, 7) is 3.90. The number of nitrogens with one attached hydrogen (secondary N) is 2. The van der Waals surface area contributed by atoms with Crippen molar-refractivity contribution in [3.63, 3.8) is 0 Å². The molecule has 0 radical (unpaired) electrons. The molecule has 0 saturated carbocycles. The standard InChI is InChI=1S/C31H31F6N5O3/c1-3-22-15-25(23-14-20(30(32,33)34)7-8-24(23)40-22)41-29-39-17-27(45-9-5-6-28(43)44-4-2)26(42-29)13-18-10-19(16-38)12-21(11-18)31(35,36)37/h7-8,10-12,14,17,22,25,40H,3-6,9,13,15H2,1-2H3,(H,39,41,42)/t22-,25+/m1/s1. The van der Waals surface area contributed by atoms with E-state index in [2.05, 4.69) is 20.6 Å². The van der Waals surface area contributed by atoms with E-state index in [1.807, 2.05) is 6.92 Å². The number of nitriles is 1. The minimum atomic E-state index is -4.69. The molecule has 1 aromatic heterocycles. The summed E-state index contributed by atoms with van der Waals surface area (Å²) in [5.41, 5.74) is -0.785. The van der Waals surface area contributed by atoms with E-state index in [4.69, 9.17) is 9.47 Å². The summed E-state index contributed by atoms with van der Waals surface area (Å²) < 4.78 is 91.9. The molecule has 2 aromatic carbocycles. The number of hydrogen-bond acceptors (Lipinski definition) is 8. The summed E-state index contributed by atoms with van der Waals surface area (Å²) in [5, 5.41) is 15.7. The fourth-order valence-corrected chi connectivity index (χ4v) is 4.98. The average Bonchev–Trinajstić information content (AvgIpc) is 2.99. The van der Waals surface area contributed by atoms with E-state index < -0.39 is 35.5 Å². The SMILES string of the molecule is CCOC(=O)CCCOc1cnc(N[C@H]2C[C@@H](CC)Nc3ccc(C(F)(F)F)cc32)nc1Cc1cc(C#N)cc(C(F)(F)F)c1. The highest BCUT2D eigenvalue weighted by Crippen LogP contribution is 2.40. The summed E-state index contributed by atoms with van der Waals surface area (Å²) in [5.74, 6) is -0.246. The van der Waals surface area contributed by atoms with Crippen molar-refractivity contribution in [2.24, 2.45) is 0 Å². The van der Waals surface area contributed by atoms with Gasteiger partial charge in [0, 0.05) is 24.6 Å². The highest BCUT2D eigenvalue weighted by Gasteiger charge is 2.34. The number of aromatic nitrogens is 2. The van der Waals surface area contributed by atoms with Crippen molar-refractivity contribution < 1.29 is 40.6 Å². The van der Waals surface area contributed by atoms with Gasteiger partial charge >= 0.3 is 18.3 Å². The molecule has 0 bridgehead atoms. The molecule has 4 rings (SSSR count). The van der Waals surface area contributed by atoms with Crippen LogP contribution in [0.25, 0.3) is 0 Å². The van der Waals surface area contributed by atoms with Gasteiger partial charge in [-0.05, 0) is 73.7 Å². The fourth-order valence-electron chi connectivity index (χ4n) is 4.98. The molecule has 0 saturated heterocycles. The third-order valence-electron chi connectivity index (χ3n) is 7.17. The van der Waals surface area contributed by atoms with E-state index in [9.17, 15) is 36.4 Å². The van der Waals surface area contributed by atoms with Crippen molar-refractivity contribution in [2.75, 3.05) is 23.8 Å². The zero-order valence-electron chi connectivity index (χ0n) is 24.5. The van der Waals surface area contributed by atoms with Gasteiger partial charge in [0.15, 0.2) is 5.75 Å². The van der Waals surface area contributed by atoms with Crippen LogP contribution in [0.2, 0.25) is 0 Å². The molecule has 3 aromatic rings. The van der Waals surface area contributed by atoms with Crippen molar-refractivity contribution in [2.45, 2.75) is 70.4 Å². The van der Waals surface area contributed by atoms with Gasteiger partial charge in [-0.15, -0.1) is 0 Å². The molecule has 0 spiro atoms. The number of fused-ring (bicyclic) bond motifs is 1. The third-order valence-corrected chi connectivity index (χ3v) is 7.17. The maximum absolute atomic E-state index is 13.6. The van der Waals surface area contributed by atoms with Crippen molar-refractivity contribution in [1.82, 2.24) is 9.97 Å². The second kappa shape index (κ2) is 14.0. The molecule has 2 atom stereocenters. The Morgan fingerprint density at radius 1 is 1.09 bits per heavy atom. The Labute approximate surface area is 255 Å². The number of carbonyl (C=O) groups excluding carboxylic acids is 1. The van der Waals surface area contributed by atoms with Gasteiger partial charge in [-0.1, -0.05) is 6.92 Å². The first-order chi connectivity index (χ1) is 21.3. The number of hydrogen-bond donors (Lipinski definition) is 2. The number of nitrogens with zero attached hydrogens (tertiary/aromatic N) is 3. The van der Waals surface area contributed by atoms with Crippen LogP contribution in [0, 0.1) is 11.3 Å². The first-order valence-corrected chi connectivity index (χ1v) is 14.3. The Balaban J connectivity index is 1.67. The van der Waals surface area contributed by atoms with Crippen LogP contribution in [0.15, 0.2) is 42.6 Å². The molecule has 0 unspecified atom stereocenters. The van der Waals surface area contributed by atoms with E-state index >= 15 is 0 Å². The number of anilines is 2. The van der Waals surface area contributed by atoms with Crippen molar-refractivity contribution in [3.05, 3.63) is 76.1 Å². The predicted octanol–water partition coefficient (Wildman–Crippen LogP) is 7.45. The van der Waals surface area contributed by atoms with Crippen molar-refractivity contribution in [3.8, 4) is 11.8 Å². The first-order valence-electron chi connectivity index (χ1n) is 14.3. The maximum Gasteiger partial charge on any atom is 0.416 e. The van der Waals surface area contributed by atoms with E-state index in [0.29, 0.717) is 24.1 Å². The topological polar surface area (TPSA) is 109 Å². The Bertz CT molecular complexity index is 1550. The van der Waals surface area contributed by atoms with Crippen LogP contribution in [0.3, 0.4) is 0 Å². The normalized spacial score (nSPS) is 16.2. The zero-order chi connectivity index (χ0) is 32.8. The summed E-state index contributed by atoms with van der Waals surface area (Å²) >= 11 is 0. The largest absolute Gasteiger partial charge is 0.490 e. The number of ether oxygens (including phenoxy) is 2. The number of benzene rings is 2. The number of rotatable bonds is 11. The van der Waals surface area contributed by atoms with Gasteiger partial charge in [-0.2, -0.15) is 31.6 Å². The molecule has 0 aliphatic carbocycles. The van der Waals surface area contributed by atoms with Crippen LogP contribution in [-0.4, -0.2) is 35.2 Å². The molecule has 0 fully saturated rings. The van der Waals surface area contributed by atoms with Gasteiger partial charge in [0.1, 0.15) is 0 Å². The van der Waals surface area contributed by atoms with Gasteiger partial charge in [0.05, 0.1) is 53.9 Å². The third kappa shape index (κ3) is 8.77. The summed E-state index contributed by atoms with van der Waals surface area (Å²) in [6.07, 6.45) is -6.64. The van der Waals surface area contributed by atoms with Gasteiger partial charge < -0.3 is 20.1 Å². The van der Waals surface area contributed by atoms with Crippen LogP contribution >= 0.6 is 0 Å². The quantitative estimate of drug-likeness (QED) is 0.127. The molecule has 8 nitrogen and oxygen atoms in total.